The Hall–Kier alpha value is -2.05. The third-order valence-electron chi connectivity index (χ3n) is 3.44. The fourth-order valence-electron chi connectivity index (χ4n) is 2.36. The van der Waals surface area contributed by atoms with E-state index >= 15 is 0 Å². The average Bonchev–Trinajstić information content (AvgIpc) is 2.53. The number of carbonyl (C=O) groups excluding carboxylic acids is 1. The highest BCUT2D eigenvalue weighted by molar-refractivity contribution is 5.90. The number of hydrogen-bond acceptors (Lipinski definition) is 3. The predicted molar refractivity (Wildman–Crippen MR) is 68.9 cm³/mol. The smallest absolute Gasteiger partial charge is 0.319 e. The molecule has 0 aromatic carbocycles. The number of aromatic nitrogens is 2. The SMILES string of the molecule is Cc1nn(C)cc1NC(=O)NC1(CC(=O)O)CCC1. The molecule has 0 atom stereocenters. The highest BCUT2D eigenvalue weighted by Gasteiger charge is 2.40. The molecule has 1 aromatic rings. The van der Waals surface area contributed by atoms with Gasteiger partial charge in [0, 0.05) is 13.2 Å². The number of rotatable bonds is 4. The van der Waals surface area contributed by atoms with E-state index in [-0.39, 0.29) is 12.5 Å². The van der Waals surface area contributed by atoms with E-state index in [0.29, 0.717) is 18.5 Å². The largest absolute Gasteiger partial charge is 0.481 e. The van der Waals surface area contributed by atoms with Crippen LogP contribution in [0.4, 0.5) is 10.5 Å². The number of amides is 2. The van der Waals surface area contributed by atoms with Crippen molar-refractivity contribution < 1.29 is 14.7 Å². The normalized spacial score (nSPS) is 16.5. The Morgan fingerprint density at radius 1 is 1.53 bits per heavy atom. The van der Waals surface area contributed by atoms with Crippen LogP contribution >= 0.6 is 0 Å². The van der Waals surface area contributed by atoms with Gasteiger partial charge in [0.25, 0.3) is 0 Å². The third-order valence-corrected chi connectivity index (χ3v) is 3.44. The Balaban J connectivity index is 1.97. The van der Waals surface area contributed by atoms with E-state index in [1.54, 1.807) is 24.9 Å². The van der Waals surface area contributed by atoms with Gasteiger partial charge in [-0.1, -0.05) is 0 Å². The van der Waals surface area contributed by atoms with Gasteiger partial charge in [0.05, 0.1) is 23.3 Å². The van der Waals surface area contributed by atoms with Crippen LogP contribution < -0.4 is 10.6 Å². The van der Waals surface area contributed by atoms with Crippen molar-refractivity contribution in [3.05, 3.63) is 11.9 Å². The van der Waals surface area contributed by atoms with Crippen LogP contribution in [0.2, 0.25) is 0 Å². The molecule has 1 heterocycles. The van der Waals surface area contributed by atoms with Crippen LogP contribution in [0.5, 0.6) is 0 Å². The summed E-state index contributed by atoms with van der Waals surface area (Å²) in [5.74, 6) is -0.891. The maximum atomic E-state index is 11.9. The zero-order valence-electron chi connectivity index (χ0n) is 11.1. The number of aryl methyl sites for hydroxylation is 2. The molecule has 0 radical (unpaired) electrons. The van der Waals surface area contributed by atoms with Crippen molar-refractivity contribution in [3.63, 3.8) is 0 Å². The highest BCUT2D eigenvalue weighted by atomic mass is 16.4. The van der Waals surface area contributed by atoms with Crippen molar-refractivity contribution >= 4 is 17.7 Å². The fourth-order valence-corrected chi connectivity index (χ4v) is 2.36. The van der Waals surface area contributed by atoms with Crippen LogP contribution in [0.3, 0.4) is 0 Å². The minimum Gasteiger partial charge on any atom is -0.481 e. The minimum absolute atomic E-state index is 0.0353. The Morgan fingerprint density at radius 3 is 2.63 bits per heavy atom. The third kappa shape index (κ3) is 3.04. The average molecular weight is 266 g/mol. The van der Waals surface area contributed by atoms with Crippen LogP contribution in [0.1, 0.15) is 31.4 Å². The number of nitrogens with zero attached hydrogens (tertiary/aromatic N) is 2. The molecule has 1 aromatic heterocycles. The lowest BCUT2D eigenvalue weighted by Crippen LogP contribution is -2.55. The second kappa shape index (κ2) is 4.91. The molecule has 0 bridgehead atoms. The van der Waals surface area contributed by atoms with Crippen molar-refractivity contribution in [2.75, 3.05) is 5.32 Å². The molecule has 2 amide bonds. The second-order valence-corrected chi connectivity index (χ2v) is 5.09. The molecule has 1 aliphatic rings. The molecule has 3 N–H and O–H groups in total. The standard InChI is InChI=1S/C12H18N4O3/c1-8-9(7-16(2)15-8)13-11(19)14-12(4-3-5-12)6-10(17)18/h7H,3-6H2,1-2H3,(H,17,18)(H2,13,14,19). The molecule has 104 valence electrons. The van der Waals surface area contributed by atoms with Crippen LogP contribution in [0, 0.1) is 6.92 Å². The number of carboxylic acid groups (broad SMARTS) is 1. The van der Waals surface area contributed by atoms with Crippen LogP contribution in [0.15, 0.2) is 6.20 Å². The summed E-state index contributed by atoms with van der Waals surface area (Å²) >= 11 is 0. The van der Waals surface area contributed by atoms with Crippen LogP contribution in [-0.2, 0) is 11.8 Å². The molecule has 1 saturated carbocycles. The second-order valence-electron chi connectivity index (χ2n) is 5.09. The topological polar surface area (TPSA) is 96.3 Å². The van der Waals surface area contributed by atoms with Gasteiger partial charge < -0.3 is 15.7 Å². The minimum atomic E-state index is -0.891. The van der Waals surface area contributed by atoms with E-state index in [2.05, 4.69) is 15.7 Å². The number of carbonyl (C=O) groups is 2. The van der Waals surface area contributed by atoms with Gasteiger partial charge in [-0.2, -0.15) is 5.10 Å². The molecule has 0 unspecified atom stereocenters. The number of aliphatic carboxylic acids is 1. The van der Waals surface area contributed by atoms with Crippen molar-refractivity contribution in [3.8, 4) is 0 Å². The van der Waals surface area contributed by atoms with E-state index in [1.165, 1.54) is 0 Å². The Morgan fingerprint density at radius 2 is 2.21 bits per heavy atom. The van der Waals surface area contributed by atoms with Gasteiger partial charge in [0.15, 0.2) is 0 Å². The molecule has 0 saturated heterocycles. The molecule has 7 heteroatoms. The molecule has 1 aliphatic carbocycles. The lowest BCUT2D eigenvalue weighted by atomic mass is 9.74. The summed E-state index contributed by atoms with van der Waals surface area (Å²) in [4.78, 5) is 22.7. The molecular formula is C12H18N4O3. The molecular weight excluding hydrogens is 248 g/mol. The summed E-state index contributed by atoms with van der Waals surface area (Å²) in [6, 6.07) is -0.378. The summed E-state index contributed by atoms with van der Waals surface area (Å²) in [6.07, 6.45) is 4.03. The summed E-state index contributed by atoms with van der Waals surface area (Å²) < 4.78 is 1.61. The number of urea groups is 1. The van der Waals surface area contributed by atoms with Gasteiger partial charge in [0.1, 0.15) is 0 Å². The molecule has 1 fully saturated rings. The van der Waals surface area contributed by atoms with Crippen LogP contribution in [0.25, 0.3) is 0 Å². The van der Waals surface area contributed by atoms with E-state index < -0.39 is 11.5 Å². The fraction of sp³-hybridized carbons (Fsp3) is 0.583. The molecule has 2 rings (SSSR count). The first kappa shape index (κ1) is 13.4. The number of anilines is 1. The van der Waals surface area contributed by atoms with Crippen molar-refractivity contribution in [2.45, 2.75) is 38.1 Å². The molecule has 0 spiro atoms. The van der Waals surface area contributed by atoms with E-state index in [4.69, 9.17) is 5.11 Å². The first-order valence-electron chi connectivity index (χ1n) is 6.21. The quantitative estimate of drug-likeness (QED) is 0.764. The highest BCUT2D eigenvalue weighted by Crippen LogP contribution is 2.35. The van der Waals surface area contributed by atoms with Crippen molar-refractivity contribution in [2.24, 2.45) is 7.05 Å². The van der Waals surface area contributed by atoms with Gasteiger partial charge in [-0.05, 0) is 26.2 Å². The molecule has 19 heavy (non-hydrogen) atoms. The Labute approximate surface area is 111 Å². The molecule has 0 aliphatic heterocycles. The number of carboxylic acids is 1. The van der Waals surface area contributed by atoms with E-state index in [0.717, 1.165) is 12.1 Å². The maximum Gasteiger partial charge on any atom is 0.319 e. The van der Waals surface area contributed by atoms with Crippen LogP contribution in [-0.4, -0.2) is 32.4 Å². The monoisotopic (exact) mass is 266 g/mol. The van der Waals surface area contributed by atoms with E-state index in [9.17, 15) is 9.59 Å². The molecule has 7 nitrogen and oxygen atoms in total. The lowest BCUT2D eigenvalue weighted by molar-refractivity contribution is -0.139. The first-order valence-corrected chi connectivity index (χ1v) is 6.21. The van der Waals surface area contributed by atoms with E-state index in [1.807, 2.05) is 0 Å². The predicted octanol–water partition coefficient (Wildman–Crippen LogP) is 1.25. The number of hydrogen-bond donors (Lipinski definition) is 3. The van der Waals surface area contributed by atoms with Gasteiger partial charge >= 0.3 is 12.0 Å². The Kier molecular flexibility index (Phi) is 3.46. The summed E-state index contributed by atoms with van der Waals surface area (Å²) in [5, 5.41) is 18.5. The summed E-state index contributed by atoms with van der Waals surface area (Å²) in [6.45, 7) is 1.80. The summed E-state index contributed by atoms with van der Waals surface area (Å²) in [5.41, 5.74) is 0.759. The zero-order chi connectivity index (χ0) is 14.0. The van der Waals surface area contributed by atoms with Gasteiger partial charge in [-0.15, -0.1) is 0 Å². The Bertz CT molecular complexity index is 505. The van der Waals surface area contributed by atoms with Gasteiger partial charge in [-0.3, -0.25) is 9.48 Å². The first-order chi connectivity index (χ1) is 8.90. The maximum absolute atomic E-state index is 11.9. The number of nitrogens with one attached hydrogen (secondary N) is 2. The van der Waals surface area contributed by atoms with Gasteiger partial charge in [0.2, 0.25) is 0 Å². The van der Waals surface area contributed by atoms with Crippen molar-refractivity contribution in [1.29, 1.82) is 0 Å². The zero-order valence-corrected chi connectivity index (χ0v) is 11.1. The van der Waals surface area contributed by atoms with Gasteiger partial charge in [-0.25, -0.2) is 4.79 Å². The lowest BCUT2D eigenvalue weighted by Gasteiger charge is -2.41. The van der Waals surface area contributed by atoms with Crippen molar-refractivity contribution in [1.82, 2.24) is 15.1 Å². The summed E-state index contributed by atoms with van der Waals surface area (Å²) in [7, 11) is 1.77.